The first kappa shape index (κ1) is 14.2. The third-order valence-corrected chi connectivity index (χ3v) is 1.85. The van der Waals surface area contributed by atoms with Crippen LogP contribution in [0.4, 0.5) is 32.4 Å². The molecule has 1 aromatic carbocycles. The second-order valence-electron chi connectivity index (χ2n) is 3.16. The molecule has 0 aliphatic heterocycles. The van der Waals surface area contributed by atoms with Gasteiger partial charge in [0.25, 0.3) is 0 Å². The molecule has 3 nitrogen and oxygen atoms in total. The van der Waals surface area contributed by atoms with E-state index in [0.29, 0.717) is 12.1 Å². The predicted molar refractivity (Wildman–Crippen MR) is 52.0 cm³/mol. The Bertz CT molecular complexity index is 435. The van der Waals surface area contributed by atoms with Gasteiger partial charge in [0.1, 0.15) is 17.2 Å². The molecule has 0 fully saturated rings. The van der Waals surface area contributed by atoms with Gasteiger partial charge in [0.15, 0.2) is 0 Å². The molecule has 0 saturated carbocycles. The molecule has 18 heavy (non-hydrogen) atoms. The highest BCUT2D eigenvalue weighted by molar-refractivity contribution is 5.84. The lowest BCUT2D eigenvalue weighted by atomic mass is 10.1. The third-order valence-electron chi connectivity index (χ3n) is 1.85. The molecule has 0 heterocycles. The normalized spacial score (nSPS) is 11.2. The van der Waals surface area contributed by atoms with Gasteiger partial charge in [0, 0.05) is 5.69 Å². The summed E-state index contributed by atoms with van der Waals surface area (Å²) in [5.74, 6) is -3.62. The fourth-order valence-corrected chi connectivity index (χ4v) is 1.20. The lowest BCUT2D eigenvalue weighted by Gasteiger charge is -2.11. The Morgan fingerprint density at radius 1 is 1.28 bits per heavy atom. The second-order valence-corrected chi connectivity index (χ2v) is 3.16. The van der Waals surface area contributed by atoms with Crippen LogP contribution in [-0.2, 0) is 10.9 Å². The molecule has 0 bridgehead atoms. The first-order valence-corrected chi connectivity index (χ1v) is 4.75. The number of benzene rings is 1. The van der Waals surface area contributed by atoms with E-state index in [1.165, 1.54) is 6.92 Å². The van der Waals surface area contributed by atoms with E-state index in [4.69, 9.17) is 0 Å². The van der Waals surface area contributed by atoms with Crippen molar-refractivity contribution in [2.24, 2.45) is 0 Å². The highest BCUT2D eigenvalue weighted by Crippen LogP contribution is 2.34. The molecule has 1 N–H and O–H groups in total. The second kappa shape index (κ2) is 5.19. The number of halogens is 5. The van der Waals surface area contributed by atoms with E-state index in [2.05, 4.69) is 4.74 Å². The summed E-state index contributed by atoms with van der Waals surface area (Å²) in [4.78, 5) is 10.9. The molecule has 0 aliphatic rings. The van der Waals surface area contributed by atoms with Crippen molar-refractivity contribution in [2.75, 3.05) is 11.9 Å². The maximum atomic E-state index is 13.1. The fourth-order valence-electron chi connectivity index (χ4n) is 1.20. The highest BCUT2D eigenvalue weighted by atomic mass is 19.4. The average molecular weight is 269 g/mol. The molecule has 0 aliphatic carbocycles. The molecule has 0 unspecified atom stereocenters. The third kappa shape index (κ3) is 3.31. The van der Waals surface area contributed by atoms with Crippen LogP contribution in [0.15, 0.2) is 12.1 Å². The number of carbonyl (C=O) groups excluding carboxylic acids is 1. The van der Waals surface area contributed by atoms with Crippen LogP contribution in [0.25, 0.3) is 0 Å². The standard InChI is InChI=1S/C10H8F5NO2/c1-2-18-9(17)16-5-3-6(11)8(7(12)4-5)10(13,14)15/h3-4H,2H2,1H3,(H,16,17). The van der Waals surface area contributed by atoms with Crippen molar-refractivity contribution in [1.82, 2.24) is 0 Å². The lowest BCUT2D eigenvalue weighted by molar-refractivity contribution is -0.142. The Labute approximate surface area is 98.5 Å². The van der Waals surface area contributed by atoms with E-state index in [-0.39, 0.29) is 6.61 Å². The van der Waals surface area contributed by atoms with Crippen molar-refractivity contribution in [3.05, 3.63) is 29.3 Å². The van der Waals surface area contributed by atoms with Crippen LogP contribution in [-0.4, -0.2) is 12.7 Å². The van der Waals surface area contributed by atoms with Crippen molar-refractivity contribution in [2.45, 2.75) is 13.1 Å². The van der Waals surface area contributed by atoms with E-state index in [0.717, 1.165) is 0 Å². The van der Waals surface area contributed by atoms with E-state index >= 15 is 0 Å². The first-order chi connectivity index (χ1) is 8.25. The van der Waals surface area contributed by atoms with Crippen LogP contribution in [0.2, 0.25) is 0 Å². The summed E-state index contributed by atoms with van der Waals surface area (Å²) in [6, 6.07) is 0.728. The SMILES string of the molecule is CCOC(=O)Nc1cc(F)c(C(F)(F)F)c(F)c1. The van der Waals surface area contributed by atoms with Gasteiger partial charge in [-0.3, -0.25) is 5.32 Å². The van der Waals surface area contributed by atoms with E-state index in [1.807, 2.05) is 5.32 Å². The fraction of sp³-hybridized carbons (Fsp3) is 0.300. The smallest absolute Gasteiger partial charge is 0.422 e. The van der Waals surface area contributed by atoms with Crippen molar-refractivity contribution in [1.29, 1.82) is 0 Å². The molecule has 100 valence electrons. The zero-order valence-electron chi connectivity index (χ0n) is 9.07. The summed E-state index contributed by atoms with van der Waals surface area (Å²) in [6.07, 6.45) is -6.16. The lowest BCUT2D eigenvalue weighted by Crippen LogP contribution is -2.16. The van der Waals surface area contributed by atoms with Crippen molar-refractivity contribution >= 4 is 11.8 Å². The van der Waals surface area contributed by atoms with Crippen molar-refractivity contribution < 1.29 is 31.5 Å². The summed E-state index contributed by atoms with van der Waals surface area (Å²) >= 11 is 0. The predicted octanol–water partition coefficient (Wildman–Crippen LogP) is 3.55. The Hall–Kier alpha value is -1.86. The number of ether oxygens (including phenoxy) is 1. The first-order valence-electron chi connectivity index (χ1n) is 4.75. The maximum absolute atomic E-state index is 13.1. The van der Waals surface area contributed by atoms with Crippen LogP contribution in [0.1, 0.15) is 12.5 Å². The van der Waals surface area contributed by atoms with Crippen LogP contribution in [0.5, 0.6) is 0 Å². The topological polar surface area (TPSA) is 38.3 Å². The minimum Gasteiger partial charge on any atom is -0.450 e. The van der Waals surface area contributed by atoms with Gasteiger partial charge in [-0.1, -0.05) is 0 Å². The number of hydrogen-bond donors (Lipinski definition) is 1. The van der Waals surface area contributed by atoms with E-state index in [9.17, 15) is 26.7 Å². The molecule has 1 rings (SSSR count). The van der Waals surface area contributed by atoms with E-state index in [1.54, 1.807) is 0 Å². The summed E-state index contributed by atoms with van der Waals surface area (Å²) in [7, 11) is 0. The number of carbonyl (C=O) groups is 1. The Morgan fingerprint density at radius 3 is 2.17 bits per heavy atom. The summed E-state index contributed by atoms with van der Waals surface area (Å²) < 4.78 is 67.3. The average Bonchev–Trinajstić information content (AvgIpc) is 2.13. The Morgan fingerprint density at radius 2 is 1.78 bits per heavy atom. The number of hydrogen-bond acceptors (Lipinski definition) is 2. The summed E-state index contributed by atoms with van der Waals surface area (Å²) in [5, 5.41) is 1.89. The van der Waals surface area contributed by atoms with Gasteiger partial charge in [0.2, 0.25) is 0 Å². The van der Waals surface area contributed by atoms with Gasteiger partial charge in [-0.25, -0.2) is 13.6 Å². The molecule has 0 spiro atoms. The van der Waals surface area contributed by atoms with Crippen molar-refractivity contribution in [3.63, 3.8) is 0 Å². The van der Waals surface area contributed by atoms with Gasteiger partial charge in [-0.05, 0) is 19.1 Å². The van der Waals surface area contributed by atoms with Gasteiger partial charge >= 0.3 is 12.3 Å². The molecule has 0 atom stereocenters. The van der Waals surface area contributed by atoms with Crippen LogP contribution < -0.4 is 5.32 Å². The zero-order valence-corrected chi connectivity index (χ0v) is 9.07. The van der Waals surface area contributed by atoms with Crippen LogP contribution in [0.3, 0.4) is 0 Å². The minimum atomic E-state index is -5.14. The van der Waals surface area contributed by atoms with Crippen LogP contribution >= 0.6 is 0 Å². The number of nitrogens with one attached hydrogen (secondary N) is 1. The number of alkyl halides is 3. The number of anilines is 1. The summed E-state index contributed by atoms with van der Waals surface area (Å²) in [6.45, 7) is 1.50. The van der Waals surface area contributed by atoms with Gasteiger partial charge in [0.05, 0.1) is 6.61 Å². The summed E-state index contributed by atoms with van der Waals surface area (Å²) in [5.41, 5.74) is -2.46. The quantitative estimate of drug-likeness (QED) is 0.834. The molecule has 0 saturated heterocycles. The molecular weight excluding hydrogens is 261 g/mol. The van der Waals surface area contributed by atoms with Gasteiger partial charge in [-0.2, -0.15) is 13.2 Å². The minimum absolute atomic E-state index is 0.0113. The van der Waals surface area contributed by atoms with Crippen molar-refractivity contribution in [3.8, 4) is 0 Å². The zero-order chi connectivity index (χ0) is 13.9. The highest BCUT2D eigenvalue weighted by Gasteiger charge is 2.38. The maximum Gasteiger partial charge on any atom is 0.422 e. The molecule has 0 radical (unpaired) electrons. The van der Waals surface area contributed by atoms with E-state index < -0.39 is 35.2 Å². The molecular formula is C10H8F5NO2. The van der Waals surface area contributed by atoms with Gasteiger partial charge < -0.3 is 4.74 Å². The Balaban J connectivity index is 3.04. The number of amides is 1. The largest absolute Gasteiger partial charge is 0.450 e. The molecule has 1 aromatic rings. The van der Waals surface area contributed by atoms with Crippen LogP contribution in [0, 0.1) is 11.6 Å². The Kier molecular flexibility index (Phi) is 4.10. The molecule has 1 amide bonds. The number of rotatable bonds is 2. The van der Waals surface area contributed by atoms with Gasteiger partial charge in [-0.15, -0.1) is 0 Å². The monoisotopic (exact) mass is 269 g/mol. The molecule has 8 heteroatoms. The molecule has 0 aromatic heterocycles.